The van der Waals surface area contributed by atoms with E-state index in [9.17, 15) is 0 Å². The maximum atomic E-state index is 5.95. The summed E-state index contributed by atoms with van der Waals surface area (Å²) in [7, 11) is 3.21. The van der Waals surface area contributed by atoms with E-state index in [0.29, 0.717) is 29.7 Å². The molecule has 0 bridgehead atoms. The summed E-state index contributed by atoms with van der Waals surface area (Å²) in [6.45, 7) is 4.46. The van der Waals surface area contributed by atoms with Crippen LogP contribution in [-0.2, 0) is 6.54 Å². The van der Waals surface area contributed by atoms with Crippen molar-refractivity contribution in [3.05, 3.63) is 33.8 Å². The van der Waals surface area contributed by atoms with Crippen LogP contribution in [0.5, 0.6) is 11.5 Å². The first-order valence-corrected chi connectivity index (χ1v) is 7.57. The van der Waals surface area contributed by atoms with Gasteiger partial charge in [0.15, 0.2) is 5.96 Å². The van der Waals surface area contributed by atoms with Crippen LogP contribution in [0.15, 0.2) is 23.2 Å². The molecular weight excluding hydrogens is 300 g/mol. The highest BCUT2D eigenvalue weighted by Gasteiger charge is 2.07. The van der Waals surface area contributed by atoms with Crippen LogP contribution in [0, 0.1) is 13.8 Å². The number of benzene rings is 1. The van der Waals surface area contributed by atoms with Crippen LogP contribution in [0.2, 0.25) is 0 Å². The van der Waals surface area contributed by atoms with Gasteiger partial charge in [0.25, 0.3) is 0 Å². The first kappa shape index (κ1) is 16.1. The van der Waals surface area contributed by atoms with Crippen LogP contribution in [0.4, 0.5) is 5.69 Å². The number of rotatable bonds is 5. The Bertz CT molecular complexity index is 682. The minimum absolute atomic E-state index is 0.317. The van der Waals surface area contributed by atoms with Gasteiger partial charge in [-0.3, -0.25) is 0 Å². The zero-order valence-corrected chi connectivity index (χ0v) is 14.0. The molecule has 0 amide bonds. The molecule has 3 N–H and O–H groups in total. The summed E-state index contributed by atoms with van der Waals surface area (Å²) < 4.78 is 10.5. The summed E-state index contributed by atoms with van der Waals surface area (Å²) in [6.07, 6.45) is 0. The normalized spacial score (nSPS) is 11.4. The van der Waals surface area contributed by atoms with Crippen molar-refractivity contribution in [1.82, 2.24) is 4.98 Å². The number of nitrogens with two attached hydrogens (primary N) is 1. The second-order valence-electron chi connectivity index (χ2n) is 4.63. The van der Waals surface area contributed by atoms with Gasteiger partial charge in [-0.2, -0.15) is 0 Å². The van der Waals surface area contributed by atoms with Gasteiger partial charge in [0.1, 0.15) is 11.5 Å². The standard InChI is InChI=1S/C15H20N4O2S/c1-9-14(22-10(2)18-9)8-17-15(16)19-12-7-11(20-3)5-6-13(12)21-4/h5-7H,8H2,1-4H3,(H3,16,17,19). The molecular formula is C15H20N4O2S. The number of nitrogens with one attached hydrogen (secondary N) is 1. The SMILES string of the molecule is COc1ccc(OC)c(NC(N)=NCc2sc(C)nc2C)c1. The van der Waals surface area contributed by atoms with Crippen molar-refractivity contribution in [2.75, 3.05) is 19.5 Å². The van der Waals surface area contributed by atoms with E-state index >= 15 is 0 Å². The number of methoxy groups -OCH3 is 2. The van der Waals surface area contributed by atoms with Gasteiger partial charge in [0.05, 0.1) is 37.2 Å². The van der Waals surface area contributed by atoms with Gasteiger partial charge < -0.3 is 20.5 Å². The molecule has 0 aliphatic heterocycles. The van der Waals surface area contributed by atoms with E-state index in [1.54, 1.807) is 25.6 Å². The summed E-state index contributed by atoms with van der Waals surface area (Å²) in [5.41, 5.74) is 7.66. The minimum Gasteiger partial charge on any atom is -0.497 e. The average Bonchev–Trinajstić information content (AvgIpc) is 2.83. The predicted octanol–water partition coefficient (Wildman–Crippen LogP) is 2.70. The summed E-state index contributed by atoms with van der Waals surface area (Å²) in [4.78, 5) is 9.84. The van der Waals surface area contributed by atoms with Crippen LogP contribution >= 0.6 is 11.3 Å². The van der Waals surface area contributed by atoms with E-state index in [1.807, 2.05) is 32.0 Å². The number of ether oxygens (including phenoxy) is 2. The molecule has 6 nitrogen and oxygen atoms in total. The molecule has 1 heterocycles. The lowest BCUT2D eigenvalue weighted by Gasteiger charge is -2.12. The van der Waals surface area contributed by atoms with Gasteiger partial charge in [0, 0.05) is 10.9 Å². The molecule has 2 aromatic rings. The third-order valence-corrected chi connectivity index (χ3v) is 4.12. The molecule has 0 fully saturated rings. The Labute approximate surface area is 134 Å². The lowest BCUT2D eigenvalue weighted by molar-refractivity contribution is 0.405. The second-order valence-corrected chi connectivity index (χ2v) is 5.92. The van der Waals surface area contributed by atoms with E-state index in [-0.39, 0.29) is 0 Å². The third-order valence-electron chi connectivity index (χ3n) is 3.06. The van der Waals surface area contributed by atoms with Gasteiger partial charge in [0.2, 0.25) is 0 Å². The maximum Gasteiger partial charge on any atom is 0.193 e. The number of hydrogen-bond donors (Lipinski definition) is 2. The Morgan fingerprint density at radius 1 is 1.32 bits per heavy atom. The van der Waals surface area contributed by atoms with Crippen LogP contribution < -0.4 is 20.5 Å². The highest BCUT2D eigenvalue weighted by Crippen LogP contribution is 2.28. The van der Waals surface area contributed by atoms with Crippen LogP contribution in [0.25, 0.3) is 0 Å². The zero-order valence-electron chi connectivity index (χ0n) is 13.1. The second kappa shape index (κ2) is 7.13. The number of aliphatic imine (C=N–C) groups is 1. The fraction of sp³-hybridized carbons (Fsp3) is 0.333. The molecule has 0 radical (unpaired) electrons. The quantitative estimate of drug-likeness (QED) is 0.654. The topological polar surface area (TPSA) is 81.8 Å². The van der Waals surface area contributed by atoms with Crippen LogP contribution in [-0.4, -0.2) is 25.2 Å². The fourth-order valence-corrected chi connectivity index (χ4v) is 2.83. The molecule has 22 heavy (non-hydrogen) atoms. The Balaban J connectivity index is 2.12. The van der Waals surface area contributed by atoms with Gasteiger partial charge in [-0.05, 0) is 26.0 Å². The Morgan fingerprint density at radius 2 is 2.09 bits per heavy atom. The van der Waals surface area contributed by atoms with Gasteiger partial charge in [-0.15, -0.1) is 11.3 Å². The number of anilines is 1. The number of aryl methyl sites for hydroxylation is 2. The first-order chi connectivity index (χ1) is 10.5. The molecule has 118 valence electrons. The molecule has 0 spiro atoms. The predicted molar refractivity (Wildman–Crippen MR) is 90.1 cm³/mol. The van der Waals surface area contributed by atoms with Gasteiger partial charge >= 0.3 is 0 Å². The molecule has 2 rings (SSSR count). The number of aromatic nitrogens is 1. The van der Waals surface area contributed by atoms with E-state index in [2.05, 4.69) is 15.3 Å². The van der Waals surface area contributed by atoms with Crippen molar-refractivity contribution in [3.8, 4) is 11.5 Å². The molecule has 1 aromatic carbocycles. The molecule has 0 aliphatic carbocycles. The number of guanidine groups is 1. The van der Waals surface area contributed by atoms with Crippen molar-refractivity contribution in [1.29, 1.82) is 0 Å². The summed E-state index contributed by atoms with van der Waals surface area (Å²) in [6, 6.07) is 5.44. The lowest BCUT2D eigenvalue weighted by atomic mass is 10.2. The largest absolute Gasteiger partial charge is 0.497 e. The van der Waals surface area contributed by atoms with Crippen molar-refractivity contribution < 1.29 is 9.47 Å². The van der Waals surface area contributed by atoms with Crippen LogP contribution in [0.3, 0.4) is 0 Å². The van der Waals surface area contributed by atoms with Gasteiger partial charge in [-0.25, -0.2) is 9.98 Å². The molecule has 7 heteroatoms. The molecule has 0 saturated carbocycles. The highest BCUT2D eigenvalue weighted by molar-refractivity contribution is 7.11. The van der Waals surface area contributed by atoms with E-state index in [0.717, 1.165) is 15.6 Å². The van der Waals surface area contributed by atoms with Crippen molar-refractivity contribution >= 4 is 23.0 Å². The van der Waals surface area contributed by atoms with Crippen molar-refractivity contribution in [2.24, 2.45) is 10.7 Å². The lowest BCUT2D eigenvalue weighted by Crippen LogP contribution is -2.23. The maximum absolute atomic E-state index is 5.95. The monoisotopic (exact) mass is 320 g/mol. The van der Waals surface area contributed by atoms with Crippen molar-refractivity contribution in [2.45, 2.75) is 20.4 Å². The fourth-order valence-electron chi connectivity index (χ4n) is 1.97. The number of nitrogens with zero attached hydrogens (tertiary/aromatic N) is 2. The molecule has 1 aromatic heterocycles. The van der Waals surface area contributed by atoms with E-state index in [4.69, 9.17) is 15.2 Å². The summed E-state index contributed by atoms with van der Waals surface area (Å²) >= 11 is 1.63. The average molecular weight is 320 g/mol. The van der Waals surface area contributed by atoms with Crippen molar-refractivity contribution in [3.63, 3.8) is 0 Å². The van der Waals surface area contributed by atoms with E-state index < -0.39 is 0 Å². The summed E-state index contributed by atoms with van der Waals surface area (Å²) in [5, 5.41) is 4.07. The molecule has 0 aliphatic rings. The van der Waals surface area contributed by atoms with E-state index in [1.165, 1.54) is 0 Å². The Morgan fingerprint density at radius 3 is 2.68 bits per heavy atom. The third kappa shape index (κ3) is 3.88. The van der Waals surface area contributed by atoms with Crippen LogP contribution in [0.1, 0.15) is 15.6 Å². The highest BCUT2D eigenvalue weighted by atomic mass is 32.1. The number of thiazole rings is 1. The molecule has 0 atom stereocenters. The van der Waals surface area contributed by atoms with Gasteiger partial charge in [-0.1, -0.05) is 0 Å². The smallest absolute Gasteiger partial charge is 0.193 e. The molecule has 0 unspecified atom stereocenters. The minimum atomic E-state index is 0.317. The summed E-state index contributed by atoms with van der Waals surface area (Å²) in [5.74, 6) is 1.70. The Hall–Kier alpha value is -2.28. The Kier molecular flexibility index (Phi) is 5.21. The molecule has 0 saturated heterocycles. The first-order valence-electron chi connectivity index (χ1n) is 6.75. The zero-order chi connectivity index (χ0) is 16.1. The number of hydrogen-bond acceptors (Lipinski definition) is 5.